The van der Waals surface area contributed by atoms with Crippen molar-refractivity contribution in [3.05, 3.63) is 11.8 Å². The molecule has 0 bridgehead atoms. The molecule has 1 N–H and O–H groups in total. The van der Waals surface area contributed by atoms with Crippen molar-refractivity contribution in [2.45, 2.75) is 46.0 Å². The number of aryl methyl sites for hydroxylation is 1. The molecule has 0 atom stereocenters. The quantitative estimate of drug-likeness (QED) is 0.841. The lowest BCUT2D eigenvalue weighted by molar-refractivity contribution is 0.242. The Balaban J connectivity index is 1.92. The second kappa shape index (κ2) is 6.57. The van der Waals surface area contributed by atoms with E-state index in [0.717, 1.165) is 31.0 Å². The van der Waals surface area contributed by atoms with E-state index >= 15 is 0 Å². The van der Waals surface area contributed by atoms with Crippen LogP contribution in [0.3, 0.4) is 0 Å². The Morgan fingerprint density at radius 1 is 1.39 bits per heavy atom. The van der Waals surface area contributed by atoms with Crippen LogP contribution in [0.1, 0.15) is 44.6 Å². The molecule has 0 unspecified atom stereocenters. The van der Waals surface area contributed by atoms with Crippen LogP contribution in [0.25, 0.3) is 0 Å². The normalized spacial score (nSPS) is 15.9. The molecule has 4 heteroatoms. The maximum absolute atomic E-state index is 5.85. The summed E-state index contributed by atoms with van der Waals surface area (Å²) in [5.74, 6) is 2.12. The number of hydrogen-bond acceptors (Lipinski definition) is 4. The number of rotatable bonds is 6. The minimum absolute atomic E-state index is 0.670. The SMILES string of the molecule is CCCNc1ncc(C)c(OCC2CCCC2)n1. The highest BCUT2D eigenvalue weighted by Gasteiger charge is 2.16. The zero-order chi connectivity index (χ0) is 12.8. The average molecular weight is 249 g/mol. The third-order valence-corrected chi connectivity index (χ3v) is 3.39. The summed E-state index contributed by atoms with van der Waals surface area (Å²) in [5.41, 5.74) is 1.01. The van der Waals surface area contributed by atoms with Gasteiger partial charge in [-0.3, -0.25) is 0 Å². The van der Waals surface area contributed by atoms with Crippen LogP contribution < -0.4 is 10.1 Å². The van der Waals surface area contributed by atoms with Gasteiger partial charge in [-0.15, -0.1) is 0 Å². The van der Waals surface area contributed by atoms with E-state index in [4.69, 9.17) is 4.74 Å². The number of nitrogens with one attached hydrogen (secondary N) is 1. The van der Waals surface area contributed by atoms with E-state index in [1.807, 2.05) is 13.1 Å². The predicted molar refractivity (Wildman–Crippen MR) is 73.0 cm³/mol. The third-order valence-electron chi connectivity index (χ3n) is 3.39. The topological polar surface area (TPSA) is 47.0 Å². The van der Waals surface area contributed by atoms with Crippen LogP contribution >= 0.6 is 0 Å². The van der Waals surface area contributed by atoms with Crippen LogP contribution in [0.2, 0.25) is 0 Å². The highest BCUT2D eigenvalue weighted by molar-refractivity contribution is 5.32. The molecule has 0 aromatic carbocycles. The summed E-state index contributed by atoms with van der Waals surface area (Å²) in [5, 5.41) is 3.19. The number of anilines is 1. The molecular weight excluding hydrogens is 226 g/mol. The third kappa shape index (κ3) is 3.59. The molecule has 1 aromatic heterocycles. The van der Waals surface area contributed by atoms with Crippen LogP contribution in [0.5, 0.6) is 5.88 Å². The van der Waals surface area contributed by atoms with Crippen LogP contribution in [-0.2, 0) is 0 Å². The molecule has 1 aromatic rings. The maximum atomic E-state index is 5.85. The Morgan fingerprint density at radius 2 is 2.17 bits per heavy atom. The van der Waals surface area contributed by atoms with Crippen LogP contribution in [-0.4, -0.2) is 23.1 Å². The summed E-state index contributed by atoms with van der Waals surface area (Å²) < 4.78 is 5.85. The summed E-state index contributed by atoms with van der Waals surface area (Å²) in [6.07, 6.45) is 8.18. The molecule has 4 nitrogen and oxygen atoms in total. The largest absolute Gasteiger partial charge is 0.477 e. The Hall–Kier alpha value is -1.32. The van der Waals surface area contributed by atoms with Gasteiger partial charge in [-0.05, 0) is 32.1 Å². The zero-order valence-corrected chi connectivity index (χ0v) is 11.4. The fourth-order valence-electron chi connectivity index (χ4n) is 2.27. The van der Waals surface area contributed by atoms with Gasteiger partial charge in [0, 0.05) is 18.3 Å². The molecule has 0 aliphatic heterocycles. The van der Waals surface area contributed by atoms with Gasteiger partial charge in [0.05, 0.1) is 6.61 Å². The van der Waals surface area contributed by atoms with E-state index in [0.29, 0.717) is 11.9 Å². The van der Waals surface area contributed by atoms with E-state index in [2.05, 4.69) is 22.2 Å². The number of hydrogen-bond donors (Lipinski definition) is 1. The van der Waals surface area contributed by atoms with Gasteiger partial charge >= 0.3 is 0 Å². The lowest BCUT2D eigenvalue weighted by Crippen LogP contribution is -2.11. The monoisotopic (exact) mass is 249 g/mol. The van der Waals surface area contributed by atoms with Gasteiger partial charge in [0.25, 0.3) is 0 Å². The van der Waals surface area contributed by atoms with E-state index < -0.39 is 0 Å². The zero-order valence-electron chi connectivity index (χ0n) is 11.4. The summed E-state index contributed by atoms with van der Waals surface area (Å²) in [4.78, 5) is 8.68. The first-order valence-corrected chi connectivity index (χ1v) is 7.00. The van der Waals surface area contributed by atoms with E-state index in [1.165, 1.54) is 25.7 Å². The Labute approximate surface area is 109 Å². The molecule has 1 heterocycles. The minimum atomic E-state index is 0.670. The molecule has 2 rings (SSSR count). The highest BCUT2D eigenvalue weighted by atomic mass is 16.5. The smallest absolute Gasteiger partial charge is 0.225 e. The molecule has 1 fully saturated rings. The summed E-state index contributed by atoms with van der Waals surface area (Å²) in [7, 11) is 0. The maximum Gasteiger partial charge on any atom is 0.225 e. The van der Waals surface area contributed by atoms with Crippen molar-refractivity contribution in [3.8, 4) is 5.88 Å². The minimum Gasteiger partial charge on any atom is -0.477 e. The molecule has 0 amide bonds. The standard InChI is InChI=1S/C14H23N3O/c1-3-8-15-14-16-9-11(2)13(17-14)18-10-12-6-4-5-7-12/h9,12H,3-8,10H2,1-2H3,(H,15,16,17). The second-order valence-electron chi connectivity index (χ2n) is 5.07. The lowest BCUT2D eigenvalue weighted by atomic mass is 10.1. The molecule has 1 aliphatic rings. The van der Waals surface area contributed by atoms with E-state index in [-0.39, 0.29) is 0 Å². The van der Waals surface area contributed by atoms with Crippen molar-refractivity contribution < 1.29 is 4.74 Å². The summed E-state index contributed by atoms with van der Waals surface area (Å²) in [6, 6.07) is 0. The van der Waals surface area contributed by atoms with Gasteiger partial charge < -0.3 is 10.1 Å². The Kier molecular flexibility index (Phi) is 4.79. The van der Waals surface area contributed by atoms with Crippen LogP contribution in [0.4, 0.5) is 5.95 Å². The number of nitrogens with zero attached hydrogens (tertiary/aromatic N) is 2. The first kappa shape index (κ1) is 13.1. The van der Waals surface area contributed by atoms with Crippen molar-refractivity contribution in [1.82, 2.24) is 9.97 Å². The molecular formula is C14H23N3O. The molecule has 100 valence electrons. The predicted octanol–water partition coefficient (Wildman–Crippen LogP) is 3.18. The van der Waals surface area contributed by atoms with Gasteiger partial charge in [-0.25, -0.2) is 4.98 Å². The van der Waals surface area contributed by atoms with E-state index in [1.54, 1.807) is 0 Å². The highest BCUT2D eigenvalue weighted by Crippen LogP contribution is 2.26. The number of aromatic nitrogens is 2. The summed E-state index contributed by atoms with van der Waals surface area (Å²) >= 11 is 0. The van der Waals surface area contributed by atoms with Crippen molar-refractivity contribution >= 4 is 5.95 Å². The van der Waals surface area contributed by atoms with Crippen molar-refractivity contribution in [2.24, 2.45) is 5.92 Å². The van der Waals surface area contributed by atoms with Crippen LogP contribution in [0, 0.1) is 12.8 Å². The second-order valence-corrected chi connectivity index (χ2v) is 5.07. The van der Waals surface area contributed by atoms with Crippen molar-refractivity contribution in [3.63, 3.8) is 0 Å². The summed E-state index contributed by atoms with van der Waals surface area (Å²) in [6.45, 7) is 5.81. The van der Waals surface area contributed by atoms with E-state index in [9.17, 15) is 0 Å². The van der Waals surface area contributed by atoms with Gasteiger partial charge in [0.2, 0.25) is 11.8 Å². The van der Waals surface area contributed by atoms with Crippen molar-refractivity contribution in [2.75, 3.05) is 18.5 Å². The average Bonchev–Trinajstić information content (AvgIpc) is 2.89. The fraction of sp³-hybridized carbons (Fsp3) is 0.714. The van der Waals surface area contributed by atoms with Gasteiger partial charge in [-0.1, -0.05) is 19.8 Å². The molecule has 0 radical (unpaired) electrons. The molecule has 1 saturated carbocycles. The molecule has 18 heavy (non-hydrogen) atoms. The fourth-order valence-corrected chi connectivity index (χ4v) is 2.27. The molecule has 0 spiro atoms. The number of ether oxygens (including phenoxy) is 1. The van der Waals surface area contributed by atoms with Crippen LogP contribution in [0.15, 0.2) is 6.20 Å². The first-order chi connectivity index (χ1) is 8.79. The first-order valence-electron chi connectivity index (χ1n) is 7.00. The Bertz CT molecular complexity index is 375. The van der Waals surface area contributed by atoms with Gasteiger partial charge in [0.1, 0.15) is 0 Å². The van der Waals surface area contributed by atoms with Gasteiger partial charge in [-0.2, -0.15) is 4.98 Å². The lowest BCUT2D eigenvalue weighted by Gasteiger charge is -2.13. The van der Waals surface area contributed by atoms with Crippen molar-refractivity contribution in [1.29, 1.82) is 0 Å². The molecule has 1 aliphatic carbocycles. The Morgan fingerprint density at radius 3 is 2.89 bits per heavy atom. The van der Waals surface area contributed by atoms with Gasteiger partial charge in [0.15, 0.2) is 0 Å². The molecule has 0 saturated heterocycles.